The van der Waals surface area contributed by atoms with Crippen LogP contribution in [-0.4, -0.2) is 37.0 Å². The highest BCUT2D eigenvalue weighted by Crippen LogP contribution is 2.05. The van der Waals surface area contributed by atoms with Gasteiger partial charge in [-0.1, -0.05) is 6.92 Å². The van der Waals surface area contributed by atoms with Crippen molar-refractivity contribution in [2.45, 2.75) is 38.3 Å². The molecule has 0 aliphatic carbocycles. The molecule has 1 aliphatic heterocycles. The molecular weight excluding hydrogens is 154 g/mol. The van der Waals surface area contributed by atoms with E-state index in [4.69, 9.17) is 4.74 Å². The predicted molar refractivity (Wildman–Crippen MR) is 48.1 cm³/mol. The lowest BCUT2D eigenvalue weighted by atomic mass is 10.1. The van der Waals surface area contributed by atoms with Gasteiger partial charge < -0.3 is 15.2 Å². The molecule has 0 radical (unpaired) electrons. The molecule has 3 heteroatoms. The zero-order valence-corrected chi connectivity index (χ0v) is 7.75. The van der Waals surface area contributed by atoms with Crippen molar-refractivity contribution in [2.24, 2.45) is 0 Å². The molecule has 1 unspecified atom stereocenters. The van der Waals surface area contributed by atoms with E-state index in [9.17, 15) is 5.11 Å². The van der Waals surface area contributed by atoms with Crippen LogP contribution >= 0.6 is 0 Å². The minimum atomic E-state index is -0.187. The van der Waals surface area contributed by atoms with Crippen molar-refractivity contribution in [1.29, 1.82) is 0 Å². The molecule has 1 atom stereocenters. The Balaban J connectivity index is 2.05. The minimum absolute atomic E-state index is 0.187. The summed E-state index contributed by atoms with van der Waals surface area (Å²) in [5.41, 5.74) is 0. The van der Waals surface area contributed by atoms with Crippen molar-refractivity contribution >= 4 is 0 Å². The van der Waals surface area contributed by atoms with Crippen LogP contribution in [-0.2, 0) is 4.74 Å². The summed E-state index contributed by atoms with van der Waals surface area (Å²) in [7, 11) is 0. The van der Waals surface area contributed by atoms with E-state index >= 15 is 0 Å². The second-order valence-corrected chi connectivity index (χ2v) is 3.36. The lowest BCUT2D eigenvalue weighted by Crippen LogP contribution is -2.39. The minimum Gasteiger partial charge on any atom is -0.392 e. The summed E-state index contributed by atoms with van der Waals surface area (Å²) < 4.78 is 5.23. The van der Waals surface area contributed by atoms with Crippen LogP contribution in [0.1, 0.15) is 26.2 Å². The molecule has 3 nitrogen and oxygen atoms in total. The number of nitrogens with one attached hydrogen (secondary N) is 1. The Labute approximate surface area is 74.1 Å². The van der Waals surface area contributed by atoms with E-state index in [0.717, 1.165) is 39.0 Å². The first kappa shape index (κ1) is 9.96. The first-order chi connectivity index (χ1) is 5.83. The molecule has 12 heavy (non-hydrogen) atoms. The molecule has 1 heterocycles. The molecule has 0 saturated carbocycles. The van der Waals surface area contributed by atoms with Gasteiger partial charge in [-0.05, 0) is 19.3 Å². The second-order valence-electron chi connectivity index (χ2n) is 3.36. The van der Waals surface area contributed by atoms with Gasteiger partial charge in [0.15, 0.2) is 0 Å². The van der Waals surface area contributed by atoms with E-state index < -0.39 is 0 Å². The molecule has 1 rings (SSSR count). The van der Waals surface area contributed by atoms with Gasteiger partial charge in [-0.2, -0.15) is 0 Å². The fraction of sp³-hybridized carbons (Fsp3) is 1.00. The van der Waals surface area contributed by atoms with E-state index in [-0.39, 0.29) is 6.10 Å². The number of hydrogen-bond acceptors (Lipinski definition) is 3. The Morgan fingerprint density at radius 2 is 2.17 bits per heavy atom. The van der Waals surface area contributed by atoms with Gasteiger partial charge >= 0.3 is 0 Å². The third-order valence-electron chi connectivity index (χ3n) is 2.33. The number of aliphatic hydroxyl groups excluding tert-OH is 1. The number of rotatable bonds is 4. The molecule has 2 N–H and O–H groups in total. The zero-order chi connectivity index (χ0) is 8.81. The first-order valence-electron chi connectivity index (χ1n) is 4.82. The molecule has 0 spiro atoms. The number of hydrogen-bond donors (Lipinski definition) is 2. The Bertz CT molecular complexity index is 113. The van der Waals surface area contributed by atoms with Crippen molar-refractivity contribution in [3.05, 3.63) is 0 Å². The molecule has 0 aromatic heterocycles. The summed E-state index contributed by atoms with van der Waals surface area (Å²) >= 11 is 0. The summed E-state index contributed by atoms with van der Waals surface area (Å²) in [6.45, 7) is 4.44. The molecule has 0 amide bonds. The van der Waals surface area contributed by atoms with Gasteiger partial charge in [0.05, 0.1) is 6.10 Å². The van der Waals surface area contributed by atoms with E-state index in [1.807, 2.05) is 6.92 Å². The van der Waals surface area contributed by atoms with E-state index in [1.54, 1.807) is 0 Å². The number of ether oxygens (including phenoxy) is 1. The highest BCUT2D eigenvalue weighted by Gasteiger charge is 2.13. The molecule has 0 bridgehead atoms. The number of aliphatic hydroxyl groups is 1. The van der Waals surface area contributed by atoms with Crippen LogP contribution < -0.4 is 5.32 Å². The van der Waals surface area contributed by atoms with Crippen LogP contribution in [0.15, 0.2) is 0 Å². The van der Waals surface area contributed by atoms with E-state index in [1.165, 1.54) is 0 Å². The van der Waals surface area contributed by atoms with Crippen molar-refractivity contribution in [3.63, 3.8) is 0 Å². The van der Waals surface area contributed by atoms with E-state index in [0.29, 0.717) is 6.04 Å². The summed E-state index contributed by atoms with van der Waals surface area (Å²) in [6, 6.07) is 0.556. The van der Waals surface area contributed by atoms with Gasteiger partial charge in [-0.25, -0.2) is 0 Å². The van der Waals surface area contributed by atoms with Crippen molar-refractivity contribution in [3.8, 4) is 0 Å². The predicted octanol–water partition coefficient (Wildman–Crippen LogP) is 0.526. The maximum atomic E-state index is 9.29. The van der Waals surface area contributed by atoms with Crippen LogP contribution in [0.4, 0.5) is 0 Å². The third-order valence-corrected chi connectivity index (χ3v) is 2.33. The van der Waals surface area contributed by atoms with Gasteiger partial charge in [0.25, 0.3) is 0 Å². The van der Waals surface area contributed by atoms with Crippen molar-refractivity contribution in [1.82, 2.24) is 5.32 Å². The fourth-order valence-electron chi connectivity index (χ4n) is 1.35. The second kappa shape index (κ2) is 5.51. The standard InChI is InChI=1S/C9H19NO2/c1-2-9(11)7-10-8-3-5-12-6-4-8/h8-11H,2-7H2,1H3. The van der Waals surface area contributed by atoms with Gasteiger partial charge in [-0.3, -0.25) is 0 Å². The first-order valence-corrected chi connectivity index (χ1v) is 4.82. The van der Waals surface area contributed by atoms with Gasteiger partial charge in [0, 0.05) is 25.8 Å². The molecule has 72 valence electrons. The quantitative estimate of drug-likeness (QED) is 0.651. The average molecular weight is 173 g/mol. The van der Waals surface area contributed by atoms with Crippen LogP contribution in [0.3, 0.4) is 0 Å². The maximum Gasteiger partial charge on any atom is 0.0662 e. The monoisotopic (exact) mass is 173 g/mol. The topological polar surface area (TPSA) is 41.5 Å². The Hall–Kier alpha value is -0.120. The SMILES string of the molecule is CCC(O)CNC1CCOCC1. The van der Waals surface area contributed by atoms with Crippen molar-refractivity contribution in [2.75, 3.05) is 19.8 Å². The Morgan fingerprint density at radius 3 is 2.75 bits per heavy atom. The largest absolute Gasteiger partial charge is 0.392 e. The summed E-state index contributed by atoms with van der Waals surface area (Å²) in [5, 5.41) is 12.6. The lowest BCUT2D eigenvalue weighted by Gasteiger charge is -2.24. The van der Waals surface area contributed by atoms with Gasteiger partial charge in [-0.15, -0.1) is 0 Å². The van der Waals surface area contributed by atoms with Crippen LogP contribution in [0.2, 0.25) is 0 Å². The van der Waals surface area contributed by atoms with Crippen LogP contribution in [0.25, 0.3) is 0 Å². The lowest BCUT2D eigenvalue weighted by molar-refractivity contribution is 0.0721. The Morgan fingerprint density at radius 1 is 1.50 bits per heavy atom. The van der Waals surface area contributed by atoms with Gasteiger partial charge in [0.1, 0.15) is 0 Å². The molecule has 0 aromatic carbocycles. The highest BCUT2D eigenvalue weighted by molar-refractivity contribution is 4.71. The summed E-state index contributed by atoms with van der Waals surface area (Å²) in [6.07, 6.45) is 2.80. The third kappa shape index (κ3) is 3.52. The summed E-state index contributed by atoms with van der Waals surface area (Å²) in [4.78, 5) is 0. The molecule has 0 aromatic rings. The molecule has 1 aliphatic rings. The fourth-order valence-corrected chi connectivity index (χ4v) is 1.35. The van der Waals surface area contributed by atoms with E-state index in [2.05, 4.69) is 5.32 Å². The van der Waals surface area contributed by atoms with Crippen LogP contribution in [0, 0.1) is 0 Å². The smallest absolute Gasteiger partial charge is 0.0662 e. The van der Waals surface area contributed by atoms with Crippen LogP contribution in [0.5, 0.6) is 0 Å². The van der Waals surface area contributed by atoms with Gasteiger partial charge in [0.2, 0.25) is 0 Å². The molecular formula is C9H19NO2. The normalized spacial score (nSPS) is 22.5. The Kier molecular flexibility index (Phi) is 4.58. The molecule has 1 saturated heterocycles. The zero-order valence-electron chi connectivity index (χ0n) is 7.75. The van der Waals surface area contributed by atoms with Crippen molar-refractivity contribution < 1.29 is 9.84 Å². The highest BCUT2D eigenvalue weighted by atomic mass is 16.5. The molecule has 1 fully saturated rings. The maximum absolute atomic E-state index is 9.29. The average Bonchev–Trinajstić information content (AvgIpc) is 2.16. The summed E-state index contributed by atoms with van der Waals surface area (Å²) in [5.74, 6) is 0.